The van der Waals surface area contributed by atoms with Crippen LogP contribution in [-0.4, -0.2) is 42.4 Å². The molecule has 0 saturated heterocycles. The summed E-state index contributed by atoms with van der Waals surface area (Å²) >= 11 is 0. The van der Waals surface area contributed by atoms with Gasteiger partial charge in [-0.25, -0.2) is 9.78 Å². The highest BCUT2D eigenvalue weighted by atomic mass is 16.5. The van der Waals surface area contributed by atoms with Crippen LogP contribution in [0.3, 0.4) is 0 Å². The average Bonchev–Trinajstić information content (AvgIpc) is 2.45. The van der Waals surface area contributed by atoms with Crippen LogP contribution in [0.2, 0.25) is 0 Å². The largest absolute Gasteiger partial charge is 0.478 e. The summed E-state index contributed by atoms with van der Waals surface area (Å²) in [6.45, 7) is 5.05. The highest BCUT2D eigenvalue weighted by Gasteiger charge is 2.16. The molecule has 1 heterocycles. The van der Waals surface area contributed by atoms with Gasteiger partial charge in [0.05, 0.1) is 18.2 Å². The Hall–Kier alpha value is -2.14. The summed E-state index contributed by atoms with van der Waals surface area (Å²) in [5.74, 6) is -0.506. The minimum absolute atomic E-state index is 0.155. The number of hydrogen-bond acceptors (Lipinski definition) is 4. The van der Waals surface area contributed by atoms with Crippen molar-refractivity contribution < 1.29 is 14.6 Å². The lowest BCUT2D eigenvalue weighted by atomic mass is 10.1. The molecule has 0 spiro atoms. The van der Waals surface area contributed by atoms with E-state index in [0.717, 1.165) is 10.9 Å². The predicted molar refractivity (Wildman–Crippen MR) is 83.1 cm³/mol. The number of para-hydroxylation sites is 1. The summed E-state index contributed by atoms with van der Waals surface area (Å²) in [5.41, 5.74) is 0.995. The van der Waals surface area contributed by atoms with Gasteiger partial charge in [-0.2, -0.15) is 0 Å². The van der Waals surface area contributed by atoms with Crippen LogP contribution < -0.4 is 4.90 Å². The fourth-order valence-electron chi connectivity index (χ4n) is 2.09. The smallest absolute Gasteiger partial charge is 0.339 e. The second-order valence-corrected chi connectivity index (χ2v) is 5.20. The maximum Gasteiger partial charge on any atom is 0.339 e. The number of carbonyl (C=O) groups is 1. The number of nitrogens with zero attached hydrogens (tertiary/aromatic N) is 2. The van der Waals surface area contributed by atoms with Crippen LogP contribution in [0.5, 0.6) is 0 Å². The average molecular weight is 288 g/mol. The normalized spacial score (nSPS) is 11.0. The number of anilines is 1. The molecule has 0 radical (unpaired) electrons. The lowest BCUT2D eigenvalue weighted by molar-refractivity contribution is 0.0695. The SMILES string of the molecule is CC(C)OCCN(C)c1nc2ccccc2cc1C(=O)O. The van der Waals surface area contributed by atoms with Gasteiger partial charge in [-0.3, -0.25) is 0 Å². The first-order chi connectivity index (χ1) is 9.99. The number of carboxylic acid groups (broad SMARTS) is 1. The number of fused-ring (bicyclic) bond motifs is 1. The molecule has 1 aromatic carbocycles. The number of likely N-dealkylation sites (N-methyl/N-ethyl adjacent to an activating group) is 1. The molecule has 0 amide bonds. The van der Waals surface area contributed by atoms with Crippen molar-refractivity contribution in [1.82, 2.24) is 4.98 Å². The molecule has 0 aliphatic heterocycles. The van der Waals surface area contributed by atoms with E-state index in [4.69, 9.17) is 4.74 Å². The Balaban J connectivity index is 2.31. The van der Waals surface area contributed by atoms with Crippen molar-refractivity contribution in [2.24, 2.45) is 0 Å². The van der Waals surface area contributed by atoms with Crippen LogP contribution in [-0.2, 0) is 4.74 Å². The Morgan fingerprint density at radius 3 is 2.76 bits per heavy atom. The first-order valence-electron chi connectivity index (χ1n) is 6.95. The summed E-state index contributed by atoms with van der Waals surface area (Å²) in [5, 5.41) is 10.2. The van der Waals surface area contributed by atoms with Gasteiger partial charge in [-0.15, -0.1) is 0 Å². The zero-order valence-corrected chi connectivity index (χ0v) is 12.5. The molecule has 0 unspecified atom stereocenters. The second-order valence-electron chi connectivity index (χ2n) is 5.20. The number of aromatic nitrogens is 1. The number of rotatable bonds is 6. The quantitative estimate of drug-likeness (QED) is 0.885. The molecule has 112 valence electrons. The topological polar surface area (TPSA) is 62.7 Å². The van der Waals surface area contributed by atoms with Crippen LogP contribution >= 0.6 is 0 Å². The molecule has 0 aliphatic rings. The fraction of sp³-hybridized carbons (Fsp3) is 0.375. The lowest BCUT2D eigenvalue weighted by Gasteiger charge is -2.21. The van der Waals surface area contributed by atoms with Gasteiger partial charge >= 0.3 is 5.97 Å². The Morgan fingerprint density at radius 2 is 2.10 bits per heavy atom. The van der Waals surface area contributed by atoms with Crippen molar-refractivity contribution in [3.05, 3.63) is 35.9 Å². The molecule has 0 aliphatic carbocycles. The molecular formula is C16H20N2O3. The summed E-state index contributed by atoms with van der Waals surface area (Å²) in [6.07, 6.45) is 0.155. The van der Waals surface area contributed by atoms with Crippen LogP contribution in [0.1, 0.15) is 24.2 Å². The Bertz CT molecular complexity index is 640. The molecule has 1 N–H and O–H groups in total. The van der Waals surface area contributed by atoms with E-state index in [-0.39, 0.29) is 11.7 Å². The van der Waals surface area contributed by atoms with E-state index in [1.54, 1.807) is 6.07 Å². The summed E-state index contributed by atoms with van der Waals surface area (Å²) < 4.78 is 5.50. The zero-order chi connectivity index (χ0) is 15.4. The lowest BCUT2D eigenvalue weighted by Crippen LogP contribution is -2.26. The molecule has 2 rings (SSSR count). The molecule has 0 bridgehead atoms. The molecule has 0 fully saturated rings. The number of benzene rings is 1. The molecule has 5 nitrogen and oxygen atoms in total. The Kier molecular flexibility index (Phi) is 4.75. The predicted octanol–water partition coefficient (Wildman–Crippen LogP) is 2.79. The standard InChI is InChI=1S/C16H20N2O3/c1-11(2)21-9-8-18(3)15-13(16(19)20)10-12-6-4-5-7-14(12)17-15/h4-7,10-11H,8-9H2,1-3H3,(H,19,20). The minimum atomic E-state index is -0.972. The van der Waals surface area contributed by atoms with Gasteiger partial charge in [0, 0.05) is 19.0 Å². The van der Waals surface area contributed by atoms with Gasteiger partial charge in [-0.05, 0) is 26.0 Å². The van der Waals surface area contributed by atoms with E-state index in [2.05, 4.69) is 4.98 Å². The second kappa shape index (κ2) is 6.54. The fourth-order valence-corrected chi connectivity index (χ4v) is 2.09. The monoisotopic (exact) mass is 288 g/mol. The Labute approximate surface area is 124 Å². The van der Waals surface area contributed by atoms with E-state index >= 15 is 0 Å². The van der Waals surface area contributed by atoms with E-state index in [1.165, 1.54) is 0 Å². The molecule has 21 heavy (non-hydrogen) atoms. The third-order valence-electron chi connectivity index (χ3n) is 3.17. The highest BCUT2D eigenvalue weighted by molar-refractivity contribution is 5.98. The van der Waals surface area contributed by atoms with Crippen LogP contribution in [0, 0.1) is 0 Å². The van der Waals surface area contributed by atoms with E-state index in [9.17, 15) is 9.90 Å². The van der Waals surface area contributed by atoms with Gasteiger partial charge in [0.2, 0.25) is 0 Å². The minimum Gasteiger partial charge on any atom is -0.478 e. The van der Waals surface area contributed by atoms with Gasteiger partial charge in [-0.1, -0.05) is 18.2 Å². The van der Waals surface area contributed by atoms with Crippen molar-refractivity contribution >= 4 is 22.7 Å². The number of pyridine rings is 1. The summed E-state index contributed by atoms with van der Waals surface area (Å²) in [7, 11) is 1.83. The van der Waals surface area contributed by atoms with Crippen molar-refractivity contribution in [3.63, 3.8) is 0 Å². The molecule has 2 aromatic rings. The van der Waals surface area contributed by atoms with Gasteiger partial charge in [0.1, 0.15) is 11.4 Å². The molecule has 0 atom stereocenters. The summed E-state index contributed by atoms with van der Waals surface area (Å²) in [6, 6.07) is 9.17. The van der Waals surface area contributed by atoms with Crippen LogP contribution in [0.15, 0.2) is 30.3 Å². The van der Waals surface area contributed by atoms with Gasteiger partial charge < -0.3 is 14.7 Å². The van der Waals surface area contributed by atoms with Crippen molar-refractivity contribution in [2.75, 3.05) is 25.1 Å². The van der Waals surface area contributed by atoms with Gasteiger partial charge in [0.25, 0.3) is 0 Å². The zero-order valence-electron chi connectivity index (χ0n) is 12.5. The van der Waals surface area contributed by atoms with Crippen LogP contribution in [0.25, 0.3) is 10.9 Å². The van der Waals surface area contributed by atoms with Gasteiger partial charge in [0.15, 0.2) is 0 Å². The first kappa shape index (κ1) is 15.3. The van der Waals surface area contributed by atoms with Crippen molar-refractivity contribution in [3.8, 4) is 0 Å². The Morgan fingerprint density at radius 1 is 1.38 bits per heavy atom. The van der Waals surface area contributed by atoms with E-state index in [0.29, 0.717) is 19.0 Å². The highest BCUT2D eigenvalue weighted by Crippen LogP contribution is 2.22. The molecular weight excluding hydrogens is 268 g/mol. The molecule has 0 saturated carbocycles. The maximum absolute atomic E-state index is 11.5. The number of aromatic carboxylic acids is 1. The van der Waals surface area contributed by atoms with Crippen molar-refractivity contribution in [1.29, 1.82) is 0 Å². The third-order valence-corrected chi connectivity index (χ3v) is 3.17. The number of carboxylic acids is 1. The third kappa shape index (κ3) is 3.70. The summed E-state index contributed by atoms with van der Waals surface area (Å²) in [4.78, 5) is 17.8. The first-order valence-corrected chi connectivity index (χ1v) is 6.95. The van der Waals surface area contributed by atoms with E-state index < -0.39 is 5.97 Å². The maximum atomic E-state index is 11.5. The molecule has 5 heteroatoms. The van der Waals surface area contributed by atoms with Crippen molar-refractivity contribution in [2.45, 2.75) is 20.0 Å². The van der Waals surface area contributed by atoms with E-state index in [1.807, 2.05) is 50.1 Å². The molecule has 1 aromatic heterocycles. The number of ether oxygens (including phenoxy) is 1. The van der Waals surface area contributed by atoms with Crippen LogP contribution in [0.4, 0.5) is 5.82 Å². The number of hydrogen-bond donors (Lipinski definition) is 1.